The molecule has 240 valence electrons. The highest BCUT2D eigenvalue weighted by Crippen LogP contribution is 2.23. The molecule has 6 nitrogen and oxygen atoms in total. The Bertz CT molecular complexity index is 882. The lowest BCUT2D eigenvalue weighted by Crippen LogP contribution is -2.56. The van der Waals surface area contributed by atoms with Gasteiger partial charge in [-0.15, -0.1) is 0 Å². The summed E-state index contributed by atoms with van der Waals surface area (Å²) in [5.41, 5.74) is 4.32. The molecule has 3 rings (SSSR count). The van der Waals surface area contributed by atoms with Crippen LogP contribution in [0.2, 0.25) is 0 Å². The molecule has 0 aliphatic rings. The standard InChI is InChI=1S/3C12H20N.BO3/c3*1-4-13(5-2,6-3)12-10-8-7-9-11-12;2-1(3)4/h3*7-11H,4-6H2,1-3H3;/q3*+1;-3. The molecule has 0 saturated carbocycles. The van der Waals surface area contributed by atoms with E-state index in [9.17, 15) is 0 Å². The molecule has 3 aromatic rings. The molecule has 0 aliphatic carbocycles. The van der Waals surface area contributed by atoms with Crippen LogP contribution in [0.5, 0.6) is 0 Å². The molecular weight excluding hydrogens is 533 g/mol. The molecule has 0 aromatic heterocycles. The Morgan fingerprint density at radius 1 is 0.349 bits per heavy atom. The Morgan fingerprint density at radius 2 is 0.488 bits per heavy atom. The van der Waals surface area contributed by atoms with Crippen LogP contribution in [0.1, 0.15) is 62.3 Å². The Hall–Kier alpha value is -2.52. The maximum atomic E-state index is 8.42. The monoisotopic (exact) mass is 593 g/mol. The molecule has 7 heteroatoms. The van der Waals surface area contributed by atoms with Crippen molar-refractivity contribution in [2.45, 2.75) is 62.3 Å². The van der Waals surface area contributed by atoms with Gasteiger partial charge in [0.05, 0.1) is 58.9 Å². The second-order valence-corrected chi connectivity index (χ2v) is 10.6. The molecule has 0 atom stereocenters. The third-order valence-corrected chi connectivity index (χ3v) is 9.36. The van der Waals surface area contributed by atoms with Crippen molar-refractivity contribution in [1.29, 1.82) is 0 Å². The summed E-state index contributed by atoms with van der Waals surface area (Å²) in [6, 6.07) is 32.4. The van der Waals surface area contributed by atoms with E-state index in [2.05, 4.69) is 153 Å². The van der Waals surface area contributed by atoms with Gasteiger partial charge in [-0.25, -0.2) is 0 Å². The summed E-state index contributed by atoms with van der Waals surface area (Å²) in [6.07, 6.45) is 0. The second kappa shape index (κ2) is 22.1. The minimum atomic E-state index is -2.92. The van der Waals surface area contributed by atoms with Crippen LogP contribution in [0, 0.1) is 0 Å². The summed E-state index contributed by atoms with van der Waals surface area (Å²) in [5.74, 6) is 0. The van der Waals surface area contributed by atoms with Gasteiger partial charge in [0.2, 0.25) is 0 Å². The third-order valence-electron chi connectivity index (χ3n) is 9.36. The Labute approximate surface area is 264 Å². The van der Waals surface area contributed by atoms with E-state index in [1.807, 2.05) is 0 Å². The molecule has 0 N–H and O–H groups in total. The van der Waals surface area contributed by atoms with Gasteiger partial charge in [0.1, 0.15) is 17.1 Å². The van der Waals surface area contributed by atoms with Crippen molar-refractivity contribution in [1.82, 2.24) is 13.4 Å². The molecule has 43 heavy (non-hydrogen) atoms. The molecule has 0 unspecified atom stereocenters. The number of benzene rings is 3. The first-order valence-corrected chi connectivity index (χ1v) is 16.3. The van der Waals surface area contributed by atoms with Crippen LogP contribution in [0.4, 0.5) is 17.1 Å². The van der Waals surface area contributed by atoms with Gasteiger partial charge in [0.25, 0.3) is 0 Å². The fraction of sp³-hybridized carbons (Fsp3) is 0.500. The molecule has 0 radical (unpaired) electrons. The second-order valence-electron chi connectivity index (χ2n) is 10.6. The Morgan fingerprint density at radius 3 is 0.605 bits per heavy atom. The lowest BCUT2D eigenvalue weighted by molar-refractivity contribution is -0.479. The maximum Gasteiger partial charge on any atom is 0.132 e. The van der Waals surface area contributed by atoms with Gasteiger partial charge >= 0.3 is 0 Å². The summed E-state index contributed by atoms with van der Waals surface area (Å²) in [4.78, 5) is 0. The largest absolute Gasteiger partial charge is 0.907 e. The van der Waals surface area contributed by atoms with Crippen molar-refractivity contribution in [3.8, 4) is 0 Å². The zero-order valence-corrected chi connectivity index (χ0v) is 28.7. The molecule has 0 heterocycles. The zero-order valence-electron chi connectivity index (χ0n) is 28.7. The van der Waals surface area contributed by atoms with Gasteiger partial charge in [-0.05, 0) is 98.7 Å². The van der Waals surface area contributed by atoms with Gasteiger partial charge in [-0.2, -0.15) is 0 Å². The Kier molecular flexibility index (Phi) is 20.8. The fourth-order valence-corrected chi connectivity index (χ4v) is 5.89. The summed E-state index contributed by atoms with van der Waals surface area (Å²) in [6.45, 7) is 31.0. The smallest absolute Gasteiger partial charge is 0.132 e. The van der Waals surface area contributed by atoms with E-state index in [4.69, 9.17) is 15.1 Å². The normalized spacial score (nSPS) is 11.2. The quantitative estimate of drug-likeness (QED) is 0.214. The van der Waals surface area contributed by atoms with Crippen molar-refractivity contribution < 1.29 is 15.1 Å². The fourth-order valence-electron chi connectivity index (χ4n) is 5.89. The topological polar surface area (TPSA) is 69.2 Å². The predicted octanol–water partition coefficient (Wildman–Crippen LogP) is 5.21. The summed E-state index contributed by atoms with van der Waals surface area (Å²) in [5, 5.41) is 25.2. The lowest BCUT2D eigenvalue weighted by Gasteiger charge is -2.35. The number of nitrogens with zero attached hydrogens (tertiary/aromatic N) is 3. The van der Waals surface area contributed by atoms with Crippen molar-refractivity contribution in [2.75, 3.05) is 58.9 Å². The van der Waals surface area contributed by atoms with E-state index in [0.29, 0.717) is 0 Å². The molecule has 0 fully saturated rings. The van der Waals surface area contributed by atoms with Crippen LogP contribution in [0.3, 0.4) is 0 Å². The van der Waals surface area contributed by atoms with Crippen molar-refractivity contribution in [2.24, 2.45) is 0 Å². The van der Waals surface area contributed by atoms with Crippen molar-refractivity contribution in [3.63, 3.8) is 0 Å². The van der Waals surface area contributed by atoms with Gasteiger partial charge < -0.3 is 15.1 Å². The first-order chi connectivity index (χ1) is 20.6. The number of quaternary nitrogens is 3. The highest BCUT2D eigenvalue weighted by molar-refractivity contribution is 6.24. The SMILES string of the molecule is CC[N+](CC)(CC)c1ccccc1.CC[N+](CC)(CC)c1ccccc1.CC[N+](CC)(CC)c1ccccc1.[O-]B([O-])[O-]. The maximum absolute atomic E-state index is 8.42. The highest BCUT2D eigenvalue weighted by atomic mass is 16.5. The minimum absolute atomic E-state index is 1.10. The molecular formula is C36H60BN3O3. The molecule has 0 aliphatic heterocycles. The highest BCUT2D eigenvalue weighted by Gasteiger charge is 2.24. The van der Waals surface area contributed by atoms with E-state index in [1.54, 1.807) is 0 Å². The summed E-state index contributed by atoms with van der Waals surface area (Å²) < 4.78 is 3.29. The first-order valence-electron chi connectivity index (χ1n) is 16.3. The van der Waals surface area contributed by atoms with Gasteiger partial charge in [0, 0.05) is 0 Å². The lowest BCUT2D eigenvalue weighted by atomic mass is 10.2. The number of hydrogen-bond donors (Lipinski definition) is 0. The van der Waals surface area contributed by atoms with E-state index in [1.165, 1.54) is 76.0 Å². The van der Waals surface area contributed by atoms with Crippen LogP contribution in [-0.4, -0.2) is 66.2 Å². The van der Waals surface area contributed by atoms with Crippen LogP contribution >= 0.6 is 0 Å². The van der Waals surface area contributed by atoms with Crippen molar-refractivity contribution >= 4 is 24.4 Å². The van der Waals surface area contributed by atoms with E-state index in [0.717, 1.165) is 13.4 Å². The van der Waals surface area contributed by atoms with E-state index >= 15 is 0 Å². The summed E-state index contributed by atoms with van der Waals surface area (Å²) >= 11 is 0. The van der Waals surface area contributed by atoms with Crippen LogP contribution < -0.4 is 28.5 Å². The van der Waals surface area contributed by atoms with Crippen LogP contribution in [0.15, 0.2) is 91.0 Å². The third kappa shape index (κ3) is 12.6. The van der Waals surface area contributed by atoms with Crippen molar-refractivity contribution in [3.05, 3.63) is 91.0 Å². The van der Waals surface area contributed by atoms with Gasteiger partial charge in [-0.3, -0.25) is 20.8 Å². The molecule has 3 aromatic carbocycles. The number of rotatable bonds is 12. The predicted molar refractivity (Wildman–Crippen MR) is 185 cm³/mol. The van der Waals surface area contributed by atoms with Crippen LogP contribution in [-0.2, 0) is 0 Å². The molecule has 0 saturated heterocycles. The number of para-hydroxylation sites is 3. The van der Waals surface area contributed by atoms with Gasteiger partial charge in [-0.1, -0.05) is 54.6 Å². The van der Waals surface area contributed by atoms with E-state index < -0.39 is 7.32 Å². The molecule has 0 spiro atoms. The zero-order chi connectivity index (χ0) is 32.8. The van der Waals surface area contributed by atoms with Gasteiger partial charge in [0.15, 0.2) is 0 Å². The minimum Gasteiger partial charge on any atom is -0.907 e. The van der Waals surface area contributed by atoms with Crippen LogP contribution in [0.25, 0.3) is 0 Å². The number of hydrogen-bond acceptors (Lipinski definition) is 3. The molecule has 0 amide bonds. The Balaban J connectivity index is 0.000000578. The van der Waals surface area contributed by atoms with E-state index in [-0.39, 0.29) is 0 Å². The first kappa shape index (κ1) is 40.5. The average Bonchev–Trinajstić information content (AvgIpc) is 3.06. The molecule has 0 bridgehead atoms. The summed E-state index contributed by atoms with van der Waals surface area (Å²) in [7, 11) is -2.92. The average molecular weight is 594 g/mol.